The first-order valence-corrected chi connectivity index (χ1v) is 24.1. The molecular weight excluding hydrogens is 869 g/mol. The number of nitrogens with zero attached hydrogens (tertiary/aromatic N) is 4. The minimum atomic E-state index is -1.02. The van der Waals surface area contributed by atoms with E-state index >= 15 is 0 Å². The molecule has 0 spiro atoms. The molecule has 352 valence electrons. The number of hydrogen-bond acceptors (Lipinski definition) is 9. The van der Waals surface area contributed by atoms with E-state index < -0.39 is 29.7 Å². The van der Waals surface area contributed by atoms with Crippen LogP contribution < -0.4 is 21.4 Å². The Kier molecular flexibility index (Phi) is 14.2. The molecular formula is C55H56N8O6. The number of rotatable bonds is 16. The number of hydrogen-bond donors (Lipinski definition) is 5. The van der Waals surface area contributed by atoms with Crippen molar-refractivity contribution in [2.45, 2.75) is 102 Å². The van der Waals surface area contributed by atoms with Crippen molar-refractivity contribution in [2.75, 3.05) is 18.4 Å². The number of carbonyl (C=O) groups excluding carboxylic acids is 5. The molecule has 9 rings (SSSR count). The molecule has 1 atom stereocenters. The number of aliphatic hydroxyl groups is 1. The van der Waals surface area contributed by atoms with Crippen LogP contribution in [0.2, 0.25) is 0 Å². The highest BCUT2D eigenvalue weighted by molar-refractivity contribution is 6.25. The predicted molar refractivity (Wildman–Crippen MR) is 263 cm³/mol. The number of aromatic nitrogens is 3. The van der Waals surface area contributed by atoms with Gasteiger partial charge in [-0.1, -0.05) is 90.7 Å². The van der Waals surface area contributed by atoms with Gasteiger partial charge >= 0.3 is 0 Å². The Morgan fingerprint density at radius 1 is 0.797 bits per heavy atom. The van der Waals surface area contributed by atoms with Crippen molar-refractivity contribution < 1.29 is 29.1 Å². The molecule has 5 amide bonds. The van der Waals surface area contributed by atoms with Crippen LogP contribution in [-0.2, 0) is 20.9 Å². The molecule has 0 radical (unpaired) electrons. The van der Waals surface area contributed by atoms with Gasteiger partial charge in [-0.3, -0.25) is 39.6 Å². The Hall–Kier alpha value is -7.63. The van der Waals surface area contributed by atoms with Gasteiger partial charge in [0, 0.05) is 61.8 Å². The molecule has 4 aromatic carbocycles. The molecule has 1 aliphatic carbocycles. The van der Waals surface area contributed by atoms with Crippen molar-refractivity contribution in [3.63, 3.8) is 0 Å². The van der Waals surface area contributed by atoms with Crippen LogP contribution in [0.5, 0.6) is 0 Å². The molecule has 5 N–H and O–H groups in total. The molecule has 1 saturated heterocycles. The van der Waals surface area contributed by atoms with E-state index in [-0.39, 0.29) is 42.0 Å². The van der Waals surface area contributed by atoms with Crippen LogP contribution in [0.15, 0.2) is 109 Å². The number of fused-ring (bicyclic) bond motifs is 2. The van der Waals surface area contributed by atoms with Gasteiger partial charge < -0.3 is 24.9 Å². The number of aliphatic hydroxyl groups excluding tert-OH is 1. The maximum atomic E-state index is 13.3. The molecule has 1 unspecified atom stereocenters. The number of unbranched alkanes of at least 4 members (excludes halogenated alkanes) is 3. The lowest BCUT2D eigenvalue weighted by molar-refractivity contribution is -0.136. The van der Waals surface area contributed by atoms with Crippen LogP contribution in [-0.4, -0.2) is 78.9 Å². The van der Waals surface area contributed by atoms with E-state index in [1.165, 1.54) is 0 Å². The summed E-state index contributed by atoms with van der Waals surface area (Å²) < 4.78 is 4.24. The highest BCUT2D eigenvalue weighted by Gasteiger charge is 2.45. The lowest BCUT2D eigenvalue weighted by Crippen LogP contribution is -2.54. The largest absolute Gasteiger partial charge is 0.393 e. The van der Waals surface area contributed by atoms with E-state index in [1.807, 2.05) is 59.4 Å². The average molecular weight is 925 g/mol. The third-order valence-corrected chi connectivity index (χ3v) is 13.4. The van der Waals surface area contributed by atoms with Crippen molar-refractivity contribution in [3.05, 3.63) is 137 Å². The van der Waals surface area contributed by atoms with E-state index in [1.54, 1.807) is 18.2 Å². The van der Waals surface area contributed by atoms with Gasteiger partial charge in [0.15, 0.2) is 0 Å². The van der Waals surface area contributed by atoms with Crippen LogP contribution in [0.3, 0.4) is 0 Å². The smallest absolute Gasteiger partial charge is 0.264 e. The van der Waals surface area contributed by atoms with Gasteiger partial charge in [0.1, 0.15) is 17.2 Å². The lowest BCUT2D eigenvalue weighted by atomic mass is 9.93. The van der Waals surface area contributed by atoms with Crippen LogP contribution in [0.4, 0.5) is 5.69 Å². The van der Waals surface area contributed by atoms with Crippen LogP contribution >= 0.6 is 0 Å². The number of amides is 5. The first kappa shape index (κ1) is 46.5. The molecule has 3 aliphatic rings. The summed E-state index contributed by atoms with van der Waals surface area (Å²) in [4.78, 5) is 69.2. The van der Waals surface area contributed by atoms with Gasteiger partial charge in [0.25, 0.3) is 11.8 Å². The Morgan fingerprint density at radius 2 is 1.54 bits per heavy atom. The first-order valence-electron chi connectivity index (χ1n) is 24.1. The average Bonchev–Trinajstić information content (AvgIpc) is 3.82. The zero-order valence-corrected chi connectivity index (χ0v) is 38.5. The third kappa shape index (κ3) is 10.1. The summed E-state index contributed by atoms with van der Waals surface area (Å²) in [5.41, 5.74) is 8.12. The van der Waals surface area contributed by atoms with Crippen LogP contribution in [0.25, 0.3) is 33.4 Å². The summed E-state index contributed by atoms with van der Waals surface area (Å²) in [6.07, 6.45) is 8.70. The van der Waals surface area contributed by atoms with E-state index in [0.717, 1.165) is 68.7 Å². The second-order valence-electron chi connectivity index (χ2n) is 18.1. The van der Waals surface area contributed by atoms with Gasteiger partial charge in [-0.05, 0) is 98.7 Å². The first-order chi connectivity index (χ1) is 33.7. The maximum Gasteiger partial charge on any atom is 0.264 e. The summed E-state index contributed by atoms with van der Waals surface area (Å²) in [6, 6.07) is 32.9. The lowest BCUT2D eigenvalue weighted by Gasteiger charge is -2.27. The molecule has 6 aromatic rings. The number of piperidine rings is 1. The summed E-state index contributed by atoms with van der Waals surface area (Å²) in [5, 5.41) is 29.2. The zero-order chi connectivity index (χ0) is 47.9. The second-order valence-corrected chi connectivity index (χ2v) is 18.1. The normalized spacial score (nSPS) is 17.9. The Bertz CT molecular complexity index is 3030. The van der Waals surface area contributed by atoms with E-state index in [9.17, 15) is 34.5 Å². The predicted octanol–water partition coefficient (Wildman–Crippen LogP) is 7.50. The molecule has 14 nitrogen and oxygen atoms in total. The van der Waals surface area contributed by atoms with Crippen molar-refractivity contribution in [1.82, 2.24) is 29.7 Å². The standard InChI is InChI=1S/C55H56N8O6/c56-51-49-47(38-18-6-3-7-19-38)50(39-20-8-4-9-21-39)61(52(49)59-35-62(51)40-25-27-41(64)28-26-40)34-37-17-13-16-36(33-37)15-5-1-2-10-24-45(65)58-32-12-11-31-57-43-23-14-22-42-48(43)55(69)63(54(42)68)44-29-30-46(66)60-53(44)67/h3-4,6-9,13-14,16-23,33,35,40-41,44,56-57,64H,1-2,10-12,24-32,34H2,(H,58,65)(H,60,66,67). The molecule has 1 saturated carbocycles. The molecule has 14 heteroatoms. The topological polar surface area (TPSA) is 192 Å². The quantitative estimate of drug-likeness (QED) is 0.0375. The minimum absolute atomic E-state index is 0.0133. The number of anilines is 1. The molecule has 2 fully saturated rings. The van der Waals surface area contributed by atoms with Gasteiger partial charge in [-0.25, -0.2) is 4.98 Å². The molecule has 2 aliphatic heterocycles. The van der Waals surface area contributed by atoms with Gasteiger partial charge in [0.2, 0.25) is 17.7 Å². The fourth-order valence-electron chi connectivity index (χ4n) is 9.86. The molecule has 69 heavy (non-hydrogen) atoms. The van der Waals surface area contributed by atoms with Crippen LogP contribution in [0.1, 0.15) is 115 Å². The van der Waals surface area contributed by atoms with Crippen molar-refractivity contribution in [3.8, 4) is 34.2 Å². The van der Waals surface area contributed by atoms with Gasteiger partial charge in [0.05, 0.1) is 34.6 Å². The van der Waals surface area contributed by atoms with Crippen LogP contribution in [0, 0.1) is 17.3 Å². The minimum Gasteiger partial charge on any atom is -0.393 e. The fourth-order valence-corrected chi connectivity index (χ4v) is 9.86. The third-order valence-electron chi connectivity index (χ3n) is 13.4. The SMILES string of the molecule is N=c1c2c(-c3ccccc3)c(-c3ccccc3)n(Cc3cccc(C#CCCCCC(=O)NCCCCNc4cccc5c4C(=O)N(C4CCC(=O)NC4=O)C5=O)c3)c2ncn1C1CCC(O)CC1. The van der Waals surface area contributed by atoms with Gasteiger partial charge in [-0.15, -0.1) is 0 Å². The fraction of sp³-hybridized carbons (Fsp3) is 0.327. The monoisotopic (exact) mass is 924 g/mol. The number of benzene rings is 4. The second kappa shape index (κ2) is 21.1. The zero-order valence-electron chi connectivity index (χ0n) is 38.5. The van der Waals surface area contributed by atoms with E-state index in [4.69, 9.17) is 4.98 Å². The Morgan fingerprint density at radius 3 is 2.30 bits per heavy atom. The number of imide groups is 2. The van der Waals surface area contributed by atoms with Crippen molar-refractivity contribution in [2.24, 2.45) is 0 Å². The van der Waals surface area contributed by atoms with Gasteiger partial charge in [-0.2, -0.15) is 0 Å². The highest BCUT2D eigenvalue weighted by Crippen LogP contribution is 2.40. The van der Waals surface area contributed by atoms with Crippen molar-refractivity contribution >= 4 is 46.3 Å². The summed E-state index contributed by atoms with van der Waals surface area (Å²) in [5.74, 6) is 4.47. The molecule has 0 bridgehead atoms. The summed E-state index contributed by atoms with van der Waals surface area (Å²) in [6.45, 7) is 1.54. The van der Waals surface area contributed by atoms with E-state index in [0.29, 0.717) is 75.8 Å². The Labute approximate surface area is 400 Å². The molecule has 2 aromatic heterocycles. The summed E-state index contributed by atoms with van der Waals surface area (Å²) in [7, 11) is 0. The van der Waals surface area contributed by atoms with E-state index in [2.05, 4.69) is 68.8 Å². The summed E-state index contributed by atoms with van der Waals surface area (Å²) >= 11 is 0. The molecule has 4 heterocycles. The number of carbonyl (C=O) groups is 5. The maximum absolute atomic E-state index is 13.3. The highest BCUT2D eigenvalue weighted by atomic mass is 16.3. The Balaban J connectivity index is 0.778. The number of nitrogens with one attached hydrogen (secondary N) is 4. The van der Waals surface area contributed by atoms with Crippen molar-refractivity contribution in [1.29, 1.82) is 5.41 Å².